The van der Waals surface area contributed by atoms with E-state index in [9.17, 15) is 4.79 Å². The number of thiophene rings is 1. The molecule has 4 aromatic rings. The number of aromatic amines is 1. The largest absolute Gasteiger partial charge is 0.301 e. The van der Waals surface area contributed by atoms with Crippen molar-refractivity contribution in [3.05, 3.63) is 68.8 Å². The Morgan fingerprint density at radius 3 is 2.79 bits per heavy atom. The van der Waals surface area contributed by atoms with Gasteiger partial charge in [0.05, 0.1) is 5.39 Å². The lowest BCUT2D eigenvalue weighted by Gasteiger charge is -2.08. The van der Waals surface area contributed by atoms with Crippen LogP contribution in [0.1, 0.15) is 36.3 Å². The zero-order valence-corrected chi connectivity index (χ0v) is 18.0. The van der Waals surface area contributed by atoms with Crippen LogP contribution in [0.4, 0.5) is 0 Å². The third kappa shape index (κ3) is 3.74. The molecular formula is C23H24N2OS2. The molecule has 0 saturated carbocycles. The molecule has 0 amide bonds. The second kappa shape index (κ2) is 8.10. The fourth-order valence-electron chi connectivity index (χ4n) is 3.53. The van der Waals surface area contributed by atoms with Gasteiger partial charge in [-0.05, 0) is 41.2 Å². The molecule has 0 saturated heterocycles. The fraction of sp³-hybridized carbons (Fsp3) is 0.304. The number of nitrogens with zero attached hydrogens (tertiary/aromatic N) is 1. The van der Waals surface area contributed by atoms with Gasteiger partial charge in [-0.2, -0.15) is 0 Å². The number of H-pyrrole nitrogens is 1. The van der Waals surface area contributed by atoms with Crippen molar-refractivity contribution >= 4 is 44.1 Å². The van der Waals surface area contributed by atoms with Crippen LogP contribution in [-0.4, -0.2) is 9.97 Å². The molecule has 144 valence electrons. The van der Waals surface area contributed by atoms with Crippen molar-refractivity contribution in [3.8, 4) is 0 Å². The van der Waals surface area contributed by atoms with Crippen LogP contribution < -0.4 is 5.56 Å². The van der Waals surface area contributed by atoms with Crippen molar-refractivity contribution in [2.45, 2.75) is 44.5 Å². The fourth-order valence-corrected chi connectivity index (χ4v) is 5.50. The Bertz CT molecular complexity index is 1190. The minimum absolute atomic E-state index is 0.00641. The Morgan fingerprint density at radius 2 is 1.96 bits per heavy atom. The summed E-state index contributed by atoms with van der Waals surface area (Å²) in [5.41, 5.74) is 2.42. The van der Waals surface area contributed by atoms with Crippen LogP contribution >= 0.6 is 23.1 Å². The first kappa shape index (κ1) is 19.2. The molecular weight excluding hydrogens is 384 g/mol. The number of nitrogens with one attached hydrogen (secondary N) is 1. The molecule has 0 aliphatic carbocycles. The highest BCUT2D eigenvalue weighted by Gasteiger charge is 2.17. The highest BCUT2D eigenvalue weighted by Crippen LogP contribution is 2.31. The maximum absolute atomic E-state index is 12.8. The highest BCUT2D eigenvalue weighted by atomic mass is 32.2. The van der Waals surface area contributed by atoms with E-state index in [2.05, 4.69) is 68.2 Å². The molecule has 0 aliphatic rings. The van der Waals surface area contributed by atoms with Gasteiger partial charge in [0.25, 0.3) is 5.56 Å². The van der Waals surface area contributed by atoms with Crippen molar-refractivity contribution in [1.29, 1.82) is 0 Å². The summed E-state index contributed by atoms with van der Waals surface area (Å²) < 4.78 is 0. The standard InChI is InChI=1S/C23H24N2OS2/c1-4-14(2)12-19-15(3)28-22-20(19)21(26)24-23(25-22)27-13-17-10-7-9-16-8-5-6-11-18(16)17/h5-11,14H,4,12-13H2,1-3H3,(H,24,25,26)/t14-/m0/s1. The van der Waals surface area contributed by atoms with Crippen LogP contribution in [0.15, 0.2) is 52.4 Å². The topological polar surface area (TPSA) is 45.8 Å². The van der Waals surface area contributed by atoms with E-state index < -0.39 is 0 Å². The SMILES string of the molecule is CC[C@H](C)Cc1c(C)sc2nc(SCc3cccc4ccccc34)[nH]c(=O)c12. The number of rotatable bonds is 6. The summed E-state index contributed by atoms with van der Waals surface area (Å²) in [6, 6.07) is 14.8. The Morgan fingerprint density at radius 1 is 1.18 bits per heavy atom. The van der Waals surface area contributed by atoms with Crippen LogP contribution in [-0.2, 0) is 12.2 Å². The molecule has 5 heteroatoms. The normalized spacial score (nSPS) is 12.7. The summed E-state index contributed by atoms with van der Waals surface area (Å²) >= 11 is 3.23. The van der Waals surface area contributed by atoms with E-state index in [-0.39, 0.29) is 5.56 Å². The monoisotopic (exact) mass is 408 g/mol. The molecule has 3 nitrogen and oxygen atoms in total. The first-order valence-corrected chi connectivity index (χ1v) is 11.5. The summed E-state index contributed by atoms with van der Waals surface area (Å²) in [4.78, 5) is 22.7. The quantitative estimate of drug-likeness (QED) is 0.300. The second-order valence-electron chi connectivity index (χ2n) is 7.33. The van der Waals surface area contributed by atoms with Gasteiger partial charge in [-0.15, -0.1) is 11.3 Å². The average Bonchev–Trinajstić information content (AvgIpc) is 3.01. The van der Waals surface area contributed by atoms with Gasteiger partial charge >= 0.3 is 0 Å². The molecule has 2 aromatic carbocycles. The van der Waals surface area contributed by atoms with Crippen molar-refractivity contribution in [2.75, 3.05) is 0 Å². The minimum Gasteiger partial charge on any atom is -0.301 e. The summed E-state index contributed by atoms with van der Waals surface area (Å²) in [5.74, 6) is 1.34. The zero-order valence-electron chi connectivity index (χ0n) is 16.4. The summed E-state index contributed by atoms with van der Waals surface area (Å²) in [6.45, 7) is 6.53. The molecule has 0 spiro atoms. The van der Waals surface area contributed by atoms with Crippen molar-refractivity contribution in [2.24, 2.45) is 5.92 Å². The van der Waals surface area contributed by atoms with E-state index in [0.29, 0.717) is 11.1 Å². The van der Waals surface area contributed by atoms with E-state index in [1.807, 2.05) is 0 Å². The van der Waals surface area contributed by atoms with Crippen molar-refractivity contribution in [3.63, 3.8) is 0 Å². The number of hydrogen-bond donors (Lipinski definition) is 1. The van der Waals surface area contributed by atoms with E-state index in [1.54, 1.807) is 23.1 Å². The van der Waals surface area contributed by atoms with Gasteiger partial charge in [0, 0.05) is 10.6 Å². The zero-order chi connectivity index (χ0) is 19.7. The number of aromatic nitrogens is 2. The number of benzene rings is 2. The predicted octanol–water partition coefficient (Wildman–Crippen LogP) is 6.33. The van der Waals surface area contributed by atoms with Crippen molar-refractivity contribution in [1.82, 2.24) is 9.97 Å². The summed E-state index contributed by atoms with van der Waals surface area (Å²) in [7, 11) is 0. The molecule has 0 unspecified atom stereocenters. The smallest absolute Gasteiger partial charge is 0.260 e. The molecule has 0 radical (unpaired) electrons. The number of thioether (sulfide) groups is 1. The first-order chi connectivity index (χ1) is 13.6. The Labute approximate surface area is 173 Å². The maximum Gasteiger partial charge on any atom is 0.260 e. The summed E-state index contributed by atoms with van der Waals surface area (Å²) in [5, 5.41) is 3.98. The molecule has 1 N–H and O–H groups in total. The van der Waals surface area contributed by atoms with E-state index in [1.165, 1.54) is 26.8 Å². The van der Waals surface area contributed by atoms with Gasteiger partial charge in [0.15, 0.2) is 5.16 Å². The van der Waals surface area contributed by atoms with E-state index in [0.717, 1.165) is 28.8 Å². The number of fused-ring (bicyclic) bond motifs is 2. The lowest BCUT2D eigenvalue weighted by molar-refractivity contribution is 0.561. The van der Waals surface area contributed by atoms with Gasteiger partial charge in [-0.25, -0.2) is 4.98 Å². The molecule has 28 heavy (non-hydrogen) atoms. The second-order valence-corrected chi connectivity index (χ2v) is 9.50. The van der Waals surface area contributed by atoms with Gasteiger partial charge in [0.1, 0.15) is 4.83 Å². The predicted molar refractivity (Wildman–Crippen MR) is 122 cm³/mol. The van der Waals surface area contributed by atoms with Crippen LogP contribution in [0.5, 0.6) is 0 Å². The van der Waals surface area contributed by atoms with Gasteiger partial charge in [-0.1, -0.05) is 74.5 Å². The molecule has 0 aliphatic heterocycles. The molecule has 1 atom stereocenters. The van der Waals surface area contributed by atoms with E-state index >= 15 is 0 Å². The van der Waals surface area contributed by atoms with Gasteiger partial charge in [-0.3, -0.25) is 4.79 Å². The van der Waals surface area contributed by atoms with Crippen LogP contribution in [0, 0.1) is 12.8 Å². The van der Waals surface area contributed by atoms with Crippen LogP contribution in [0.2, 0.25) is 0 Å². The Kier molecular flexibility index (Phi) is 5.56. The molecule has 0 fully saturated rings. The van der Waals surface area contributed by atoms with Gasteiger partial charge < -0.3 is 4.98 Å². The number of aryl methyl sites for hydroxylation is 1. The number of hydrogen-bond acceptors (Lipinski definition) is 4. The van der Waals surface area contributed by atoms with Crippen LogP contribution in [0.3, 0.4) is 0 Å². The van der Waals surface area contributed by atoms with E-state index in [4.69, 9.17) is 4.98 Å². The minimum atomic E-state index is -0.00641. The molecule has 4 rings (SSSR count). The maximum atomic E-state index is 12.8. The average molecular weight is 409 g/mol. The Hall–Kier alpha value is -2.11. The molecule has 2 aromatic heterocycles. The van der Waals surface area contributed by atoms with Crippen LogP contribution in [0.25, 0.3) is 21.0 Å². The lowest BCUT2D eigenvalue weighted by atomic mass is 9.98. The lowest BCUT2D eigenvalue weighted by Crippen LogP contribution is -2.11. The van der Waals surface area contributed by atoms with Gasteiger partial charge in [0.2, 0.25) is 0 Å². The van der Waals surface area contributed by atoms with Crippen molar-refractivity contribution < 1.29 is 0 Å². The third-order valence-electron chi connectivity index (χ3n) is 5.33. The highest BCUT2D eigenvalue weighted by molar-refractivity contribution is 7.98. The summed E-state index contributed by atoms with van der Waals surface area (Å²) in [6.07, 6.45) is 2.05. The Balaban J connectivity index is 1.64. The third-order valence-corrected chi connectivity index (χ3v) is 7.30. The molecule has 0 bridgehead atoms. The molecule has 2 heterocycles. The first-order valence-electron chi connectivity index (χ1n) is 9.68.